The smallest absolute Gasteiger partial charge is 0.329 e. The number of amides is 2. The normalized spacial score (nSPS) is 11.4. The molecule has 1 unspecified atom stereocenters. The van der Waals surface area contributed by atoms with Crippen LogP contribution in [0.15, 0.2) is 48.5 Å². The second-order valence-corrected chi connectivity index (χ2v) is 8.61. The van der Waals surface area contributed by atoms with Gasteiger partial charge in [0.15, 0.2) is 6.61 Å². The maximum absolute atomic E-state index is 12.6. The van der Waals surface area contributed by atoms with E-state index in [2.05, 4.69) is 5.32 Å². The lowest BCUT2D eigenvalue weighted by molar-refractivity contribution is -0.153. The van der Waals surface area contributed by atoms with Gasteiger partial charge in [-0.1, -0.05) is 35.9 Å². The van der Waals surface area contributed by atoms with Crippen molar-refractivity contribution in [3.63, 3.8) is 0 Å². The quantitative estimate of drug-likeness (QED) is 0.454. The van der Waals surface area contributed by atoms with Gasteiger partial charge in [0.1, 0.15) is 11.8 Å². The topological polar surface area (TPSA) is 84.9 Å². The number of halogens is 1. The number of rotatable bonds is 12. The van der Waals surface area contributed by atoms with E-state index in [9.17, 15) is 14.4 Å². The molecule has 7 nitrogen and oxygen atoms in total. The summed E-state index contributed by atoms with van der Waals surface area (Å²) < 4.78 is 10.6. The summed E-state index contributed by atoms with van der Waals surface area (Å²) in [6.45, 7) is 2.45. The molecule has 178 valence electrons. The van der Waals surface area contributed by atoms with Crippen molar-refractivity contribution in [1.29, 1.82) is 0 Å². The van der Waals surface area contributed by atoms with Gasteiger partial charge in [-0.2, -0.15) is 11.8 Å². The van der Waals surface area contributed by atoms with Gasteiger partial charge < -0.3 is 19.7 Å². The molecule has 2 aromatic rings. The number of esters is 1. The van der Waals surface area contributed by atoms with Crippen molar-refractivity contribution in [2.75, 3.05) is 32.3 Å². The van der Waals surface area contributed by atoms with Gasteiger partial charge in [0, 0.05) is 13.6 Å². The van der Waals surface area contributed by atoms with Crippen LogP contribution in [0.4, 0.5) is 0 Å². The predicted molar refractivity (Wildman–Crippen MR) is 131 cm³/mol. The summed E-state index contributed by atoms with van der Waals surface area (Å²) in [6, 6.07) is 13.1. The minimum absolute atomic E-state index is 0.271. The monoisotopic (exact) mass is 492 g/mol. The molecule has 0 bridgehead atoms. The Balaban J connectivity index is 1.91. The molecular formula is C24H29ClN2O5S. The minimum atomic E-state index is -0.884. The molecule has 0 spiro atoms. The van der Waals surface area contributed by atoms with Crippen LogP contribution >= 0.6 is 23.4 Å². The second-order valence-electron chi connectivity index (χ2n) is 7.22. The highest BCUT2D eigenvalue weighted by atomic mass is 35.5. The van der Waals surface area contributed by atoms with Gasteiger partial charge in [0.05, 0.1) is 17.2 Å². The van der Waals surface area contributed by atoms with Crippen LogP contribution in [0, 0.1) is 0 Å². The van der Waals surface area contributed by atoms with Crippen LogP contribution in [0.2, 0.25) is 5.02 Å². The van der Waals surface area contributed by atoms with Gasteiger partial charge in [-0.05, 0) is 55.2 Å². The number of carbonyl (C=O) groups excluding carboxylic acids is 3. The Labute approximate surface area is 203 Å². The molecule has 0 saturated heterocycles. The number of ether oxygens (including phenoxy) is 2. The molecule has 2 aromatic carbocycles. The molecule has 0 heterocycles. The molecule has 33 heavy (non-hydrogen) atoms. The van der Waals surface area contributed by atoms with E-state index < -0.39 is 24.5 Å². The van der Waals surface area contributed by atoms with Gasteiger partial charge in [-0.3, -0.25) is 9.59 Å². The third kappa shape index (κ3) is 8.63. The van der Waals surface area contributed by atoms with E-state index in [1.807, 2.05) is 37.4 Å². The number of thioether (sulfide) groups is 1. The van der Waals surface area contributed by atoms with Crippen LogP contribution in [0.1, 0.15) is 29.3 Å². The molecule has 0 aliphatic heterocycles. The fraction of sp³-hybridized carbons (Fsp3) is 0.375. The average Bonchev–Trinajstić information content (AvgIpc) is 2.81. The molecule has 0 aliphatic carbocycles. The number of likely N-dealkylation sites (N-methyl/N-ethyl adjacent to an activating group) is 1. The van der Waals surface area contributed by atoms with Crippen LogP contribution in [-0.4, -0.2) is 61.0 Å². The maximum atomic E-state index is 12.6. The number of hydrogen-bond donors (Lipinski definition) is 1. The molecule has 1 atom stereocenters. The summed E-state index contributed by atoms with van der Waals surface area (Å²) in [6.07, 6.45) is 2.27. The lowest BCUT2D eigenvalue weighted by Gasteiger charge is -2.20. The largest absolute Gasteiger partial charge is 0.494 e. The molecule has 0 fully saturated rings. The van der Waals surface area contributed by atoms with Crippen molar-refractivity contribution in [1.82, 2.24) is 10.2 Å². The molecule has 1 N–H and O–H groups in total. The highest BCUT2D eigenvalue weighted by molar-refractivity contribution is 7.98. The highest BCUT2D eigenvalue weighted by Gasteiger charge is 2.24. The molecule has 0 radical (unpaired) electrons. The van der Waals surface area contributed by atoms with E-state index in [0.29, 0.717) is 25.3 Å². The fourth-order valence-corrected chi connectivity index (χ4v) is 3.62. The van der Waals surface area contributed by atoms with E-state index in [1.54, 1.807) is 31.3 Å². The second kappa shape index (κ2) is 13.7. The van der Waals surface area contributed by atoms with Gasteiger partial charge in [-0.25, -0.2) is 4.79 Å². The van der Waals surface area contributed by atoms with Crippen LogP contribution in [-0.2, 0) is 20.9 Å². The molecule has 0 aromatic heterocycles. The van der Waals surface area contributed by atoms with E-state index in [1.165, 1.54) is 16.7 Å². The average molecular weight is 493 g/mol. The third-order valence-corrected chi connectivity index (χ3v) is 5.71. The van der Waals surface area contributed by atoms with Crippen molar-refractivity contribution in [3.05, 3.63) is 64.7 Å². The third-order valence-electron chi connectivity index (χ3n) is 4.74. The van der Waals surface area contributed by atoms with E-state index in [-0.39, 0.29) is 16.5 Å². The first kappa shape index (κ1) is 26.5. The molecular weight excluding hydrogens is 464 g/mol. The van der Waals surface area contributed by atoms with Crippen molar-refractivity contribution in [3.8, 4) is 5.75 Å². The van der Waals surface area contributed by atoms with Crippen molar-refractivity contribution in [2.24, 2.45) is 0 Å². The van der Waals surface area contributed by atoms with E-state index in [0.717, 1.165) is 11.3 Å². The molecule has 9 heteroatoms. The van der Waals surface area contributed by atoms with Crippen molar-refractivity contribution < 1.29 is 23.9 Å². The maximum Gasteiger partial charge on any atom is 0.329 e. The number of benzene rings is 2. The number of nitrogens with zero attached hydrogens (tertiary/aromatic N) is 1. The summed E-state index contributed by atoms with van der Waals surface area (Å²) in [5.41, 5.74) is 1.19. The lowest BCUT2D eigenvalue weighted by atomic mass is 10.1. The van der Waals surface area contributed by atoms with Crippen LogP contribution < -0.4 is 10.1 Å². The summed E-state index contributed by atoms with van der Waals surface area (Å²) in [4.78, 5) is 39.1. The van der Waals surface area contributed by atoms with E-state index >= 15 is 0 Å². The van der Waals surface area contributed by atoms with Gasteiger partial charge >= 0.3 is 5.97 Å². The van der Waals surface area contributed by atoms with Gasteiger partial charge in [0.2, 0.25) is 0 Å². The summed E-state index contributed by atoms with van der Waals surface area (Å²) >= 11 is 7.62. The predicted octanol–water partition coefficient (Wildman–Crippen LogP) is 3.79. The summed E-state index contributed by atoms with van der Waals surface area (Å²) in [5, 5.41) is 2.96. The Morgan fingerprint density at radius 3 is 2.45 bits per heavy atom. The van der Waals surface area contributed by atoms with Crippen molar-refractivity contribution >= 4 is 41.1 Å². The lowest BCUT2D eigenvalue weighted by Crippen LogP contribution is -2.43. The summed E-state index contributed by atoms with van der Waals surface area (Å²) in [5.74, 6) is -0.0822. The minimum Gasteiger partial charge on any atom is -0.494 e. The standard InChI is InChI=1S/C24H29ClN2O5S/c1-4-31-18-11-9-17(10-12-18)15-27(2)22(28)16-32-24(30)21(13-14-33-3)26-23(29)19-7-5-6-8-20(19)25/h5-12,21H,4,13-16H2,1-3H3,(H,26,29). The number of nitrogens with one attached hydrogen (secondary N) is 1. The zero-order valence-corrected chi connectivity index (χ0v) is 20.6. The highest BCUT2D eigenvalue weighted by Crippen LogP contribution is 2.16. The van der Waals surface area contributed by atoms with Crippen molar-refractivity contribution in [2.45, 2.75) is 25.9 Å². The molecule has 0 aliphatic rings. The fourth-order valence-electron chi connectivity index (χ4n) is 2.93. The van der Waals surface area contributed by atoms with Crippen LogP contribution in [0.5, 0.6) is 5.75 Å². The Morgan fingerprint density at radius 1 is 1.12 bits per heavy atom. The SMILES string of the molecule is CCOc1ccc(CN(C)C(=O)COC(=O)C(CCSC)NC(=O)c2ccccc2Cl)cc1. The Bertz CT molecular complexity index is 939. The first-order valence-corrected chi connectivity index (χ1v) is 12.3. The molecule has 0 saturated carbocycles. The molecule has 2 amide bonds. The number of carbonyl (C=O) groups is 3. The first-order valence-electron chi connectivity index (χ1n) is 10.5. The Morgan fingerprint density at radius 2 is 1.82 bits per heavy atom. The first-order chi connectivity index (χ1) is 15.8. The van der Waals surface area contributed by atoms with Crippen LogP contribution in [0.3, 0.4) is 0 Å². The Hall–Kier alpha value is -2.71. The van der Waals surface area contributed by atoms with Gasteiger partial charge in [-0.15, -0.1) is 0 Å². The van der Waals surface area contributed by atoms with Crippen LogP contribution in [0.25, 0.3) is 0 Å². The Kier molecular flexibility index (Phi) is 11.1. The number of hydrogen-bond acceptors (Lipinski definition) is 6. The molecule has 2 rings (SSSR count). The zero-order valence-electron chi connectivity index (χ0n) is 19.0. The zero-order chi connectivity index (χ0) is 24.2. The van der Waals surface area contributed by atoms with E-state index in [4.69, 9.17) is 21.1 Å². The summed E-state index contributed by atoms with van der Waals surface area (Å²) in [7, 11) is 1.64. The van der Waals surface area contributed by atoms with Gasteiger partial charge in [0.25, 0.3) is 11.8 Å².